The molecule has 1 saturated heterocycles. The highest BCUT2D eigenvalue weighted by Gasteiger charge is 2.52. The molecule has 1 fully saturated rings. The van der Waals surface area contributed by atoms with Crippen molar-refractivity contribution in [1.82, 2.24) is 0 Å². The van der Waals surface area contributed by atoms with Gasteiger partial charge in [0.25, 0.3) is 0 Å². The Morgan fingerprint density at radius 2 is 1.82 bits per heavy atom. The second-order valence-corrected chi connectivity index (χ2v) is 6.52. The fourth-order valence-electron chi connectivity index (χ4n) is 2.23. The van der Waals surface area contributed by atoms with Gasteiger partial charge < -0.3 is 14.0 Å². The summed E-state index contributed by atoms with van der Waals surface area (Å²) in [6, 6.07) is 5.77. The molecule has 0 spiro atoms. The monoisotopic (exact) mass is 305 g/mol. The van der Waals surface area contributed by atoms with E-state index in [1.54, 1.807) is 6.92 Å². The summed E-state index contributed by atoms with van der Waals surface area (Å²) in [4.78, 5) is 11.7. The predicted molar refractivity (Wildman–Crippen MR) is 87.5 cm³/mol. The topological polar surface area (TPSA) is 56.8 Å². The number of amides is 1. The first-order valence-electron chi connectivity index (χ1n) is 7.56. The van der Waals surface area contributed by atoms with Crippen molar-refractivity contribution in [2.24, 2.45) is 0 Å². The van der Waals surface area contributed by atoms with Gasteiger partial charge in [-0.1, -0.05) is 12.1 Å². The van der Waals surface area contributed by atoms with E-state index >= 15 is 0 Å². The smallest absolute Gasteiger partial charge is 0.450 e. The molecular formula is C16H24BNO4. The van der Waals surface area contributed by atoms with E-state index in [0.717, 1.165) is 11.0 Å². The van der Waals surface area contributed by atoms with Crippen molar-refractivity contribution >= 4 is 24.4 Å². The summed E-state index contributed by atoms with van der Waals surface area (Å²) in [6.07, 6.45) is -0.481. The zero-order chi connectivity index (χ0) is 16.5. The summed E-state index contributed by atoms with van der Waals surface area (Å²) in [5.74, 6) is 0. The lowest BCUT2D eigenvalue weighted by atomic mass is 9.77. The van der Waals surface area contributed by atoms with Crippen LogP contribution in [0.25, 0.3) is 0 Å². The number of carbonyl (C=O) groups excluding carboxylic acids is 1. The number of rotatable bonds is 3. The van der Waals surface area contributed by atoms with Gasteiger partial charge in [-0.25, -0.2) is 4.79 Å². The third-order valence-corrected chi connectivity index (χ3v) is 4.23. The second kappa shape index (κ2) is 5.93. The van der Waals surface area contributed by atoms with E-state index in [4.69, 9.17) is 14.0 Å². The Labute approximate surface area is 132 Å². The first-order chi connectivity index (χ1) is 10.2. The molecule has 120 valence electrons. The molecular weight excluding hydrogens is 281 g/mol. The van der Waals surface area contributed by atoms with Crippen LogP contribution in [0.3, 0.4) is 0 Å². The van der Waals surface area contributed by atoms with Gasteiger partial charge in [0.15, 0.2) is 0 Å². The lowest BCUT2D eigenvalue weighted by Gasteiger charge is -2.32. The standard InChI is InChI=1S/C16H24BNO4/c1-7-20-14(19)18-13-10-11(2)8-9-12(13)17-21-15(3,4)16(5,6)22-17/h8-10H,7H2,1-6H3,(H,18,19). The van der Waals surface area contributed by atoms with Gasteiger partial charge in [0, 0.05) is 11.2 Å². The van der Waals surface area contributed by atoms with Crippen LogP contribution in [0.2, 0.25) is 0 Å². The molecule has 22 heavy (non-hydrogen) atoms. The van der Waals surface area contributed by atoms with Gasteiger partial charge in [-0.15, -0.1) is 0 Å². The number of aryl methyl sites for hydroxylation is 1. The van der Waals surface area contributed by atoms with Crippen LogP contribution in [0, 0.1) is 6.92 Å². The number of hydrogen-bond donors (Lipinski definition) is 1. The molecule has 1 aromatic carbocycles. The van der Waals surface area contributed by atoms with Crippen molar-refractivity contribution in [2.75, 3.05) is 11.9 Å². The van der Waals surface area contributed by atoms with Crippen molar-refractivity contribution in [1.29, 1.82) is 0 Å². The number of hydrogen-bond acceptors (Lipinski definition) is 4. The highest BCUT2D eigenvalue weighted by Crippen LogP contribution is 2.37. The summed E-state index contributed by atoms with van der Waals surface area (Å²) in [6.45, 7) is 12.1. The molecule has 0 aliphatic carbocycles. The molecule has 1 aliphatic heterocycles. The van der Waals surface area contributed by atoms with Gasteiger partial charge in [0.05, 0.1) is 17.8 Å². The molecule has 1 N–H and O–H groups in total. The molecule has 0 saturated carbocycles. The van der Waals surface area contributed by atoms with Gasteiger partial charge >= 0.3 is 13.2 Å². The molecule has 1 aromatic rings. The molecule has 1 amide bonds. The normalized spacial score (nSPS) is 19.1. The van der Waals surface area contributed by atoms with Crippen LogP contribution in [0.15, 0.2) is 18.2 Å². The molecule has 0 radical (unpaired) electrons. The van der Waals surface area contributed by atoms with Crippen molar-refractivity contribution in [3.05, 3.63) is 23.8 Å². The molecule has 0 atom stereocenters. The van der Waals surface area contributed by atoms with Gasteiger partial charge in [-0.3, -0.25) is 5.32 Å². The lowest BCUT2D eigenvalue weighted by molar-refractivity contribution is 0.00578. The number of anilines is 1. The minimum absolute atomic E-state index is 0.323. The van der Waals surface area contributed by atoms with Crippen LogP contribution in [-0.4, -0.2) is 31.0 Å². The van der Waals surface area contributed by atoms with E-state index in [-0.39, 0.29) is 0 Å². The SMILES string of the molecule is CCOC(=O)Nc1cc(C)ccc1B1OC(C)(C)C(C)(C)O1. The summed E-state index contributed by atoms with van der Waals surface area (Å²) in [5, 5.41) is 2.76. The van der Waals surface area contributed by atoms with Gasteiger partial charge in [-0.05, 0) is 53.2 Å². The summed E-state index contributed by atoms with van der Waals surface area (Å²) < 4.78 is 17.1. The number of ether oxygens (including phenoxy) is 1. The van der Waals surface area contributed by atoms with Crippen LogP contribution in [-0.2, 0) is 14.0 Å². The van der Waals surface area contributed by atoms with Crippen molar-refractivity contribution in [2.45, 2.75) is 52.7 Å². The van der Waals surface area contributed by atoms with E-state index in [1.165, 1.54) is 0 Å². The van der Waals surface area contributed by atoms with Crippen LogP contribution >= 0.6 is 0 Å². The maximum Gasteiger partial charge on any atom is 0.496 e. The first kappa shape index (κ1) is 16.8. The van der Waals surface area contributed by atoms with Crippen LogP contribution < -0.4 is 10.8 Å². The fraction of sp³-hybridized carbons (Fsp3) is 0.562. The predicted octanol–water partition coefficient (Wildman–Crippen LogP) is 2.86. The van der Waals surface area contributed by atoms with Crippen molar-refractivity contribution in [3.63, 3.8) is 0 Å². The summed E-state index contributed by atoms with van der Waals surface area (Å²) in [5.41, 5.74) is 1.62. The Bertz CT molecular complexity index is 555. The largest absolute Gasteiger partial charge is 0.496 e. The van der Waals surface area contributed by atoms with E-state index in [1.807, 2.05) is 52.8 Å². The number of nitrogens with one attached hydrogen (secondary N) is 1. The first-order valence-corrected chi connectivity index (χ1v) is 7.56. The Morgan fingerprint density at radius 1 is 1.23 bits per heavy atom. The van der Waals surface area contributed by atoms with E-state index < -0.39 is 24.4 Å². The zero-order valence-corrected chi connectivity index (χ0v) is 14.1. The summed E-state index contributed by atoms with van der Waals surface area (Å²) in [7, 11) is -0.525. The number of benzene rings is 1. The van der Waals surface area contributed by atoms with E-state index in [2.05, 4.69) is 5.32 Å². The van der Waals surface area contributed by atoms with Crippen molar-refractivity contribution < 1.29 is 18.8 Å². The highest BCUT2D eigenvalue weighted by atomic mass is 16.7. The molecule has 0 aromatic heterocycles. The maximum absolute atomic E-state index is 11.7. The third kappa shape index (κ3) is 3.28. The van der Waals surface area contributed by atoms with Gasteiger partial charge in [0.2, 0.25) is 0 Å². The van der Waals surface area contributed by atoms with Crippen LogP contribution in [0.5, 0.6) is 0 Å². The molecule has 2 rings (SSSR count). The quantitative estimate of drug-likeness (QED) is 0.872. The van der Waals surface area contributed by atoms with Gasteiger partial charge in [-0.2, -0.15) is 0 Å². The average molecular weight is 305 g/mol. The summed E-state index contributed by atoms with van der Waals surface area (Å²) >= 11 is 0. The third-order valence-electron chi connectivity index (χ3n) is 4.23. The average Bonchev–Trinajstić information content (AvgIpc) is 2.58. The Morgan fingerprint density at radius 3 is 2.36 bits per heavy atom. The Balaban J connectivity index is 2.30. The molecule has 0 bridgehead atoms. The number of carbonyl (C=O) groups is 1. The lowest BCUT2D eigenvalue weighted by Crippen LogP contribution is -2.41. The Kier molecular flexibility index (Phi) is 4.54. The van der Waals surface area contributed by atoms with E-state index in [9.17, 15) is 4.79 Å². The molecule has 1 aliphatic rings. The van der Waals surface area contributed by atoms with Crippen LogP contribution in [0.4, 0.5) is 10.5 Å². The molecule has 1 heterocycles. The molecule has 0 unspecified atom stereocenters. The van der Waals surface area contributed by atoms with Gasteiger partial charge in [0.1, 0.15) is 0 Å². The second-order valence-electron chi connectivity index (χ2n) is 6.52. The molecule has 6 heteroatoms. The fourth-order valence-corrected chi connectivity index (χ4v) is 2.23. The zero-order valence-electron chi connectivity index (χ0n) is 14.1. The minimum atomic E-state index is -0.525. The minimum Gasteiger partial charge on any atom is -0.450 e. The Hall–Kier alpha value is -1.53. The van der Waals surface area contributed by atoms with Crippen molar-refractivity contribution in [3.8, 4) is 0 Å². The van der Waals surface area contributed by atoms with E-state index in [0.29, 0.717) is 12.3 Å². The molecule has 5 nitrogen and oxygen atoms in total. The van der Waals surface area contributed by atoms with Crippen LogP contribution in [0.1, 0.15) is 40.2 Å². The maximum atomic E-state index is 11.7. The highest BCUT2D eigenvalue weighted by molar-refractivity contribution is 6.64.